The average Bonchev–Trinajstić information content (AvgIpc) is 3.16. The van der Waals surface area contributed by atoms with E-state index in [0.717, 1.165) is 50.7 Å². The van der Waals surface area contributed by atoms with Gasteiger partial charge in [0.15, 0.2) is 5.79 Å². The molecule has 0 bridgehead atoms. The first kappa shape index (κ1) is 26.7. The first-order chi connectivity index (χ1) is 18.4. The highest BCUT2D eigenvalue weighted by molar-refractivity contribution is 8.01. The lowest BCUT2D eigenvalue weighted by molar-refractivity contribution is -0.338. The van der Waals surface area contributed by atoms with E-state index in [0.29, 0.717) is 37.4 Å². The van der Waals surface area contributed by atoms with E-state index in [1.165, 1.54) is 10.5 Å². The van der Waals surface area contributed by atoms with Crippen LogP contribution in [0.3, 0.4) is 0 Å². The molecule has 2 heterocycles. The summed E-state index contributed by atoms with van der Waals surface area (Å²) in [5.41, 5.74) is -0.757. The fourth-order valence-electron chi connectivity index (χ4n) is 10.1. The Morgan fingerprint density at radius 1 is 1.03 bits per heavy atom. The summed E-state index contributed by atoms with van der Waals surface area (Å²) < 4.78 is 18.3. The van der Waals surface area contributed by atoms with Crippen LogP contribution in [-0.4, -0.2) is 52.3 Å². The quantitative estimate of drug-likeness (QED) is 0.423. The smallest absolute Gasteiger partial charge is 0.171 e. The number of rotatable bonds is 1. The summed E-state index contributed by atoms with van der Waals surface area (Å²) in [6, 6.07) is 6.52. The predicted octanol–water partition coefficient (Wildman–Crippen LogP) is 5.91. The van der Waals surface area contributed by atoms with Crippen molar-refractivity contribution in [2.75, 3.05) is 20.3 Å². The predicted molar refractivity (Wildman–Crippen MR) is 152 cm³/mol. The normalized spacial score (nSPS) is 46.6. The van der Waals surface area contributed by atoms with Crippen molar-refractivity contribution in [2.24, 2.45) is 28.6 Å². The molecule has 0 amide bonds. The van der Waals surface area contributed by atoms with Gasteiger partial charge >= 0.3 is 0 Å². The lowest BCUT2D eigenvalue weighted by Gasteiger charge is -2.69. The van der Waals surface area contributed by atoms with E-state index in [-0.39, 0.29) is 21.5 Å². The number of hydrogen-bond donors (Lipinski definition) is 2. The van der Waals surface area contributed by atoms with Crippen LogP contribution in [0.4, 0.5) is 0 Å². The van der Waals surface area contributed by atoms with Crippen LogP contribution in [0, 0.1) is 40.4 Å². The van der Waals surface area contributed by atoms with Gasteiger partial charge in [0.1, 0.15) is 11.4 Å². The Bertz CT molecular complexity index is 1240. The highest BCUT2D eigenvalue weighted by Gasteiger charge is 2.74. The summed E-state index contributed by atoms with van der Waals surface area (Å²) in [6.07, 6.45) is 6.57. The van der Waals surface area contributed by atoms with Gasteiger partial charge in [-0.25, -0.2) is 0 Å². The van der Waals surface area contributed by atoms with E-state index in [9.17, 15) is 10.2 Å². The van der Waals surface area contributed by atoms with Crippen LogP contribution in [0.25, 0.3) is 0 Å². The second kappa shape index (κ2) is 8.42. The van der Waals surface area contributed by atoms with Gasteiger partial charge in [-0.15, -0.1) is 17.7 Å². The minimum Gasteiger partial charge on any atom is -0.497 e. The maximum Gasteiger partial charge on any atom is 0.171 e. The first-order valence-corrected chi connectivity index (χ1v) is 15.8. The largest absolute Gasteiger partial charge is 0.497 e. The third-order valence-corrected chi connectivity index (χ3v) is 13.8. The number of thioether (sulfide) groups is 1. The first-order valence-electron chi connectivity index (χ1n) is 15.0. The molecule has 1 unspecified atom stereocenters. The highest BCUT2D eigenvalue weighted by atomic mass is 32.2. The van der Waals surface area contributed by atoms with Crippen LogP contribution in [0.2, 0.25) is 0 Å². The fraction of sp³-hybridized carbons (Fsp3) is 0.758. The Morgan fingerprint density at radius 3 is 2.51 bits per heavy atom. The molecule has 2 N–H and O–H groups in total. The fourth-order valence-corrected chi connectivity index (χ4v) is 12.0. The molecule has 1 saturated heterocycles. The number of aliphatic hydroxyl groups is 2. The number of fused-ring (bicyclic) bond motifs is 4. The molecule has 39 heavy (non-hydrogen) atoms. The molecule has 8 atom stereocenters. The van der Waals surface area contributed by atoms with Gasteiger partial charge < -0.3 is 24.4 Å². The van der Waals surface area contributed by atoms with Crippen LogP contribution in [0.15, 0.2) is 23.1 Å². The molecule has 1 aromatic rings. The van der Waals surface area contributed by atoms with Crippen molar-refractivity contribution in [3.8, 4) is 17.6 Å². The monoisotopic (exact) mass is 552 g/mol. The Labute approximate surface area is 237 Å². The molecule has 4 saturated carbocycles. The maximum absolute atomic E-state index is 12.8. The van der Waals surface area contributed by atoms with Crippen molar-refractivity contribution in [2.45, 2.75) is 112 Å². The molecule has 7 rings (SSSR count). The summed E-state index contributed by atoms with van der Waals surface area (Å²) in [5.74, 6) is 7.97. The zero-order valence-electron chi connectivity index (χ0n) is 24.1. The summed E-state index contributed by atoms with van der Waals surface area (Å²) >= 11 is 1.92. The molecule has 5 fully saturated rings. The topological polar surface area (TPSA) is 68.2 Å². The van der Waals surface area contributed by atoms with E-state index in [4.69, 9.17) is 14.2 Å². The molecule has 2 spiro atoms. The molecule has 2 aliphatic heterocycles. The van der Waals surface area contributed by atoms with Crippen molar-refractivity contribution in [3.63, 3.8) is 0 Å². The van der Waals surface area contributed by atoms with Gasteiger partial charge in [-0.05, 0) is 86.8 Å². The number of benzene rings is 1. The molecular weight excluding hydrogens is 508 g/mol. The van der Waals surface area contributed by atoms with Gasteiger partial charge in [-0.1, -0.05) is 32.8 Å². The molecule has 1 aromatic carbocycles. The zero-order chi connectivity index (χ0) is 27.5. The third kappa shape index (κ3) is 3.50. The van der Waals surface area contributed by atoms with E-state index < -0.39 is 17.0 Å². The molecule has 212 valence electrons. The lowest BCUT2D eigenvalue weighted by atomic mass is 9.44. The van der Waals surface area contributed by atoms with Crippen molar-refractivity contribution < 1.29 is 24.4 Å². The van der Waals surface area contributed by atoms with Gasteiger partial charge in [-0.2, -0.15) is 0 Å². The van der Waals surface area contributed by atoms with Gasteiger partial charge in [0.25, 0.3) is 0 Å². The van der Waals surface area contributed by atoms with Gasteiger partial charge in [0.05, 0.1) is 30.7 Å². The minimum atomic E-state index is -0.956. The number of ether oxygens (including phenoxy) is 3. The highest BCUT2D eigenvalue weighted by Crippen LogP contribution is 2.76. The summed E-state index contributed by atoms with van der Waals surface area (Å²) in [5, 5.41) is 24.8. The second-order valence-electron chi connectivity index (χ2n) is 14.6. The number of hydrogen-bond acceptors (Lipinski definition) is 6. The molecule has 0 aromatic heterocycles. The van der Waals surface area contributed by atoms with Crippen molar-refractivity contribution in [1.82, 2.24) is 0 Å². The van der Waals surface area contributed by atoms with Crippen LogP contribution < -0.4 is 4.74 Å². The summed E-state index contributed by atoms with van der Waals surface area (Å²) in [7, 11) is 1.72. The van der Waals surface area contributed by atoms with E-state index >= 15 is 0 Å². The van der Waals surface area contributed by atoms with Gasteiger partial charge in [0, 0.05) is 28.6 Å². The molecule has 6 heteroatoms. The molecule has 6 aliphatic rings. The van der Waals surface area contributed by atoms with Crippen LogP contribution in [-0.2, 0) is 9.47 Å². The van der Waals surface area contributed by atoms with Crippen molar-refractivity contribution in [3.05, 3.63) is 23.8 Å². The maximum atomic E-state index is 12.8. The van der Waals surface area contributed by atoms with E-state index in [2.05, 4.69) is 50.8 Å². The molecule has 5 nitrogen and oxygen atoms in total. The second-order valence-corrected chi connectivity index (χ2v) is 16.0. The summed E-state index contributed by atoms with van der Waals surface area (Å²) in [4.78, 5) is 1.22. The molecule has 4 aliphatic carbocycles. The zero-order valence-corrected chi connectivity index (χ0v) is 25.0. The lowest BCUT2D eigenvalue weighted by Crippen LogP contribution is -2.72. The summed E-state index contributed by atoms with van der Waals surface area (Å²) in [6.45, 7) is 9.85. The molecular formula is C33H44O5S. The SMILES string of the molecule is CC#C[C@]1(O)CC[C@H]2[C@@H]3CC[C@@]4(O)CC5(CC[C@@]46Sc4cc(OC)ccc4[C@@H](C[C@@]21C)C36)OCC(C)(C)CO5. The number of methoxy groups -OCH3 is 1. The third-order valence-electron chi connectivity index (χ3n) is 12.0. The Kier molecular flexibility index (Phi) is 5.75. The molecule has 0 radical (unpaired) electrons. The van der Waals surface area contributed by atoms with Crippen LogP contribution in [0.1, 0.15) is 90.5 Å². The van der Waals surface area contributed by atoms with Gasteiger partial charge in [0.2, 0.25) is 0 Å². The minimum absolute atomic E-state index is 0.00465. The van der Waals surface area contributed by atoms with Gasteiger partial charge in [-0.3, -0.25) is 0 Å². The Balaban J connectivity index is 1.35. The standard InChI is InChI=1S/C33H44O5S/c1-6-11-30(34)13-10-25-23-9-12-31(35)18-32(37-19-28(2,3)20-38-32)14-15-33(31)27(23)24(17-29(25,30)4)22-8-7-21(36-5)16-26(22)39-33/h7-8,16,23-25,27,34-35H,9-10,12-15,17-20H2,1-5H3/t23-,24+,25-,27?,29-,30-,31+,33-/m0/s1. The van der Waals surface area contributed by atoms with Crippen molar-refractivity contribution in [1.29, 1.82) is 0 Å². The van der Waals surface area contributed by atoms with Crippen molar-refractivity contribution >= 4 is 11.8 Å². The average molecular weight is 553 g/mol. The Hall–Kier alpha value is -1.23. The Morgan fingerprint density at radius 2 is 1.79 bits per heavy atom. The van der Waals surface area contributed by atoms with E-state index in [1.807, 2.05) is 18.7 Å². The van der Waals surface area contributed by atoms with Crippen LogP contribution >= 0.6 is 11.8 Å². The van der Waals surface area contributed by atoms with Crippen LogP contribution in [0.5, 0.6) is 5.75 Å². The van der Waals surface area contributed by atoms with E-state index in [1.54, 1.807) is 7.11 Å².